The Hall–Kier alpha value is -1.54. The van der Waals surface area contributed by atoms with Gasteiger partial charge in [-0.3, -0.25) is 0 Å². The van der Waals surface area contributed by atoms with Gasteiger partial charge in [0.05, 0.1) is 0 Å². The lowest BCUT2D eigenvalue weighted by atomic mass is 10.1. The number of benzene rings is 1. The molecule has 0 saturated carbocycles. The highest BCUT2D eigenvalue weighted by molar-refractivity contribution is 6.33. The summed E-state index contributed by atoms with van der Waals surface area (Å²) in [6.45, 7) is 0. The van der Waals surface area contributed by atoms with Crippen LogP contribution < -0.4 is 5.73 Å². The minimum atomic E-state index is 0.502. The Morgan fingerprint density at radius 1 is 1.14 bits per heavy atom. The van der Waals surface area contributed by atoms with Gasteiger partial charge in [0.2, 0.25) is 0 Å². The largest absolute Gasteiger partial charge is 0.384 e. The zero-order valence-electron chi connectivity index (χ0n) is 7.44. The molecular weight excluding hydrogens is 196 g/mol. The van der Waals surface area contributed by atoms with Crippen LogP contribution in [0.15, 0.2) is 42.6 Å². The number of anilines is 1. The standard InChI is InChI=1S/C11H9ClN2/c12-10-4-2-1-3-9(10)8-5-6-14-11(13)7-8/h1-7H,(H2,13,14). The Labute approximate surface area is 87.4 Å². The molecule has 2 aromatic rings. The van der Waals surface area contributed by atoms with Crippen molar-refractivity contribution in [2.45, 2.75) is 0 Å². The first-order valence-electron chi connectivity index (χ1n) is 4.24. The van der Waals surface area contributed by atoms with Crippen LogP contribution in [0.3, 0.4) is 0 Å². The summed E-state index contributed by atoms with van der Waals surface area (Å²) in [6, 6.07) is 11.3. The van der Waals surface area contributed by atoms with Crippen LogP contribution in [0.25, 0.3) is 11.1 Å². The molecule has 1 heterocycles. The molecule has 0 saturated heterocycles. The number of pyridine rings is 1. The van der Waals surface area contributed by atoms with Crippen molar-refractivity contribution in [2.24, 2.45) is 0 Å². The number of halogens is 1. The highest BCUT2D eigenvalue weighted by Gasteiger charge is 2.02. The van der Waals surface area contributed by atoms with E-state index in [0.29, 0.717) is 5.82 Å². The maximum absolute atomic E-state index is 6.05. The van der Waals surface area contributed by atoms with E-state index in [1.54, 1.807) is 12.3 Å². The van der Waals surface area contributed by atoms with E-state index in [-0.39, 0.29) is 0 Å². The molecule has 3 heteroatoms. The van der Waals surface area contributed by atoms with Crippen LogP contribution in [0.5, 0.6) is 0 Å². The molecule has 70 valence electrons. The molecule has 0 aliphatic heterocycles. The summed E-state index contributed by atoms with van der Waals surface area (Å²) < 4.78 is 0. The van der Waals surface area contributed by atoms with E-state index in [9.17, 15) is 0 Å². The molecule has 2 nitrogen and oxygen atoms in total. The Morgan fingerprint density at radius 2 is 1.93 bits per heavy atom. The average molecular weight is 205 g/mol. The number of rotatable bonds is 1. The normalized spacial score (nSPS) is 10.1. The molecule has 2 rings (SSSR count). The van der Waals surface area contributed by atoms with Crippen molar-refractivity contribution >= 4 is 17.4 Å². The van der Waals surface area contributed by atoms with Crippen LogP contribution in [0.2, 0.25) is 5.02 Å². The van der Waals surface area contributed by atoms with Crippen molar-refractivity contribution in [3.05, 3.63) is 47.6 Å². The van der Waals surface area contributed by atoms with E-state index >= 15 is 0 Å². The summed E-state index contributed by atoms with van der Waals surface area (Å²) in [5, 5.41) is 0.720. The van der Waals surface area contributed by atoms with Crippen molar-refractivity contribution in [2.75, 3.05) is 5.73 Å². The summed E-state index contributed by atoms with van der Waals surface area (Å²) in [5.41, 5.74) is 7.56. The lowest BCUT2D eigenvalue weighted by Crippen LogP contribution is -1.89. The first-order valence-corrected chi connectivity index (χ1v) is 4.61. The third-order valence-electron chi connectivity index (χ3n) is 1.97. The van der Waals surface area contributed by atoms with Gasteiger partial charge in [0, 0.05) is 16.8 Å². The highest BCUT2D eigenvalue weighted by atomic mass is 35.5. The van der Waals surface area contributed by atoms with Crippen molar-refractivity contribution < 1.29 is 0 Å². The summed E-state index contributed by atoms with van der Waals surface area (Å²) in [4.78, 5) is 3.93. The zero-order chi connectivity index (χ0) is 9.97. The first-order chi connectivity index (χ1) is 6.77. The number of hydrogen-bond donors (Lipinski definition) is 1. The molecule has 0 radical (unpaired) electrons. The van der Waals surface area contributed by atoms with Gasteiger partial charge in [0.25, 0.3) is 0 Å². The second-order valence-electron chi connectivity index (χ2n) is 2.95. The maximum atomic E-state index is 6.05. The van der Waals surface area contributed by atoms with Gasteiger partial charge in [-0.05, 0) is 23.8 Å². The molecule has 0 fully saturated rings. The Bertz CT molecular complexity index is 455. The second-order valence-corrected chi connectivity index (χ2v) is 3.36. The predicted molar refractivity (Wildman–Crippen MR) is 59.1 cm³/mol. The lowest BCUT2D eigenvalue weighted by molar-refractivity contribution is 1.34. The van der Waals surface area contributed by atoms with Crippen LogP contribution >= 0.6 is 11.6 Å². The van der Waals surface area contributed by atoms with Crippen LogP contribution in [0.4, 0.5) is 5.82 Å². The van der Waals surface area contributed by atoms with E-state index in [1.165, 1.54) is 0 Å². The highest BCUT2D eigenvalue weighted by Crippen LogP contribution is 2.27. The maximum Gasteiger partial charge on any atom is 0.123 e. The van der Waals surface area contributed by atoms with Gasteiger partial charge in [-0.1, -0.05) is 29.8 Å². The summed E-state index contributed by atoms with van der Waals surface area (Å²) in [7, 11) is 0. The van der Waals surface area contributed by atoms with E-state index in [2.05, 4.69) is 4.98 Å². The molecule has 0 amide bonds. The Kier molecular flexibility index (Phi) is 2.37. The molecule has 0 aliphatic carbocycles. The van der Waals surface area contributed by atoms with Crippen LogP contribution in [-0.4, -0.2) is 4.98 Å². The number of aromatic nitrogens is 1. The SMILES string of the molecule is Nc1cc(-c2ccccc2Cl)ccn1. The summed E-state index contributed by atoms with van der Waals surface area (Å²) in [5.74, 6) is 0.502. The Morgan fingerprint density at radius 3 is 2.64 bits per heavy atom. The molecule has 0 aliphatic rings. The topological polar surface area (TPSA) is 38.9 Å². The zero-order valence-corrected chi connectivity index (χ0v) is 8.20. The van der Waals surface area contributed by atoms with E-state index < -0.39 is 0 Å². The van der Waals surface area contributed by atoms with Crippen molar-refractivity contribution in [3.8, 4) is 11.1 Å². The van der Waals surface area contributed by atoms with Gasteiger partial charge in [0.1, 0.15) is 5.82 Å². The average Bonchev–Trinajstić information content (AvgIpc) is 2.18. The Balaban J connectivity index is 2.55. The number of hydrogen-bond acceptors (Lipinski definition) is 2. The van der Waals surface area contributed by atoms with Crippen LogP contribution in [0.1, 0.15) is 0 Å². The van der Waals surface area contributed by atoms with E-state index in [1.807, 2.05) is 30.3 Å². The van der Waals surface area contributed by atoms with Crippen molar-refractivity contribution in [1.29, 1.82) is 0 Å². The predicted octanol–water partition coefficient (Wildman–Crippen LogP) is 2.98. The molecule has 0 spiro atoms. The quantitative estimate of drug-likeness (QED) is 0.776. The van der Waals surface area contributed by atoms with Gasteiger partial charge in [-0.25, -0.2) is 4.98 Å². The number of nitrogen functional groups attached to an aromatic ring is 1. The molecule has 0 unspecified atom stereocenters. The second kappa shape index (κ2) is 3.68. The van der Waals surface area contributed by atoms with Crippen molar-refractivity contribution in [3.63, 3.8) is 0 Å². The van der Waals surface area contributed by atoms with E-state index in [4.69, 9.17) is 17.3 Å². The van der Waals surface area contributed by atoms with Gasteiger partial charge < -0.3 is 5.73 Å². The molecule has 1 aromatic carbocycles. The lowest BCUT2D eigenvalue weighted by Gasteiger charge is -2.03. The molecule has 0 bridgehead atoms. The number of nitrogens with zero attached hydrogens (tertiary/aromatic N) is 1. The minimum absolute atomic E-state index is 0.502. The monoisotopic (exact) mass is 204 g/mol. The van der Waals surface area contributed by atoms with E-state index in [0.717, 1.165) is 16.1 Å². The first kappa shape index (κ1) is 9.03. The molecular formula is C11H9ClN2. The van der Waals surface area contributed by atoms with Crippen LogP contribution in [-0.2, 0) is 0 Å². The fourth-order valence-electron chi connectivity index (χ4n) is 1.31. The fraction of sp³-hybridized carbons (Fsp3) is 0. The third-order valence-corrected chi connectivity index (χ3v) is 2.30. The molecule has 14 heavy (non-hydrogen) atoms. The number of nitrogens with two attached hydrogens (primary N) is 1. The summed E-state index contributed by atoms with van der Waals surface area (Å²) >= 11 is 6.05. The molecule has 0 atom stereocenters. The smallest absolute Gasteiger partial charge is 0.123 e. The summed E-state index contributed by atoms with van der Waals surface area (Å²) in [6.07, 6.45) is 1.67. The fourth-order valence-corrected chi connectivity index (χ4v) is 1.56. The van der Waals surface area contributed by atoms with Gasteiger partial charge in [-0.15, -0.1) is 0 Å². The van der Waals surface area contributed by atoms with Gasteiger partial charge >= 0.3 is 0 Å². The van der Waals surface area contributed by atoms with Gasteiger partial charge in [-0.2, -0.15) is 0 Å². The molecule has 2 N–H and O–H groups in total. The van der Waals surface area contributed by atoms with Crippen LogP contribution in [0, 0.1) is 0 Å². The molecule has 1 aromatic heterocycles. The minimum Gasteiger partial charge on any atom is -0.384 e. The van der Waals surface area contributed by atoms with Gasteiger partial charge in [0.15, 0.2) is 0 Å². The third kappa shape index (κ3) is 1.70. The van der Waals surface area contributed by atoms with Crippen molar-refractivity contribution in [1.82, 2.24) is 4.98 Å².